The molecule has 0 atom stereocenters. The monoisotopic (exact) mass is 563 g/mol. The molecule has 0 radical (unpaired) electrons. The van der Waals surface area contributed by atoms with Gasteiger partial charge in [-0.3, -0.25) is 4.57 Å². The summed E-state index contributed by atoms with van der Waals surface area (Å²) >= 11 is 0. The van der Waals surface area contributed by atoms with Crippen LogP contribution in [0, 0.1) is 0 Å². The molecule has 0 saturated carbocycles. The number of benzene rings is 5. The molecule has 0 unspecified atom stereocenters. The first-order valence-electron chi connectivity index (χ1n) is 15.2. The highest BCUT2D eigenvalue weighted by atomic mass is 16.3. The van der Waals surface area contributed by atoms with Gasteiger partial charge in [-0.2, -0.15) is 0 Å². The Labute approximate surface area is 253 Å². The average molecular weight is 564 g/mol. The van der Waals surface area contributed by atoms with Crippen molar-refractivity contribution in [1.29, 1.82) is 0 Å². The Balaban J connectivity index is 1.37. The van der Waals surface area contributed by atoms with Gasteiger partial charge in [-0.1, -0.05) is 97.1 Å². The highest BCUT2D eigenvalue weighted by molar-refractivity contribution is 6.07. The SMILES string of the molecule is C1=C2c3ccccc3-c3c(-c4ccccc4)nc(-c4ccc5oc6ccccc6c5c4)nc3-n3c2c(c2ccccc23)CC1. The number of fused-ring (bicyclic) bond motifs is 11. The fourth-order valence-corrected chi connectivity index (χ4v) is 7.35. The van der Waals surface area contributed by atoms with Crippen molar-refractivity contribution in [3.63, 3.8) is 0 Å². The molecule has 8 aromatic rings. The minimum absolute atomic E-state index is 0.696. The second-order valence-corrected chi connectivity index (χ2v) is 11.7. The van der Waals surface area contributed by atoms with Crippen molar-refractivity contribution in [1.82, 2.24) is 14.5 Å². The smallest absolute Gasteiger partial charge is 0.162 e. The fourth-order valence-electron chi connectivity index (χ4n) is 7.35. The Morgan fingerprint density at radius 3 is 2.27 bits per heavy atom. The normalized spacial score (nSPS) is 13.4. The van der Waals surface area contributed by atoms with E-state index in [0.717, 1.165) is 68.5 Å². The molecule has 0 amide bonds. The molecule has 0 N–H and O–H groups in total. The summed E-state index contributed by atoms with van der Waals surface area (Å²) < 4.78 is 8.57. The molecular formula is C40H25N3O. The Morgan fingerprint density at radius 2 is 1.36 bits per heavy atom. The van der Waals surface area contributed by atoms with Gasteiger partial charge in [0, 0.05) is 32.9 Å². The Kier molecular flexibility index (Phi) is 4.80. The molecule has 4 heteroatoms. The highest BCUT2D eigenvalue weighted by Crippen LogP contribution is 2.49. The van der Waals surface area contributed by atoms with Crippen LogP contribution in [0.5, 0.6) is 0 Å². The van der Waals surface area contributed by atoms with Crippen LogP contribution in [0.1, 0.15) is 23.2 Å². The van der Waals surface area contributed by atoms with Gasteiger partial charge in [0.2, 0.25) is 0 Å². The number of hydrogen-bond acceptors (Lipinski definition) is 3. The third kappa shape index (κ3) is 3.22. The molecule has 0 bridgehead atoms. The molecular weight excluding hydrogens is 538 g/mol. The summed E-state index contributed by atoms with van der Waals surface area (Å²) in [5.74, 6) is 1.61. The van der Waals surface area contributed by atoms with Gasteiger partial charge in [-0.05, 0) is 59.9 Å². The Bertz CT molecular complexity index is 2500. The maximum atomic E-state index is 6.16. The summed E-state index contributed by atoms with van der Waals surface area (Å²) in [5, 5.41) is 3.46. The largest absolute Gasteiger partial charge is 0.456 e. The molecule has 0 fully saturated rings. The van der Waals surface area contributed by atoms with E-state index in [1.165, 1.54) is 33.3 Å². The number of rotatable bonds is 2. The third-order valence-corrected chi connectivity index (χ3v) is 9.25. The maximum Gasteiger partial charge on any atom is 0.162 e. The van der Waals surface area contributed by atoms with Gasteiger partial charge in [-0.15, -0.1) is 0 Å². The molecule has 206 valence electrons. The quantitative estimate of drug-likeness (QED) is 0.210. The predicted molar refractivity (Wildman–Crippen MR) is 178 cm³/mol. The molecule has 0 saturated heterocycles. The van der Waals surface area contributed by atoms with E-state index in [0.29, 0.717) is 5.82 Å². The van der Waals surface area contributed by atoms with E-state index < -0.39 is 0 Å². The second kappa shape index (κ2) is 8.88. The molecule has 4 nitrogen and oxygen atoms in total. The van der Waals surface area contributed by atoms with Crippen molar-refractivity contribution in [3.8, 4) is 39.6 Å². The van der Waals surface area contributed by atoms with E-state index in [2.05, 4.69) is 114 Å². The zero-order chi connectivity index (χ0) is 28.8. The van der Waals surface area contributed by atoms with Crippen LogP contribution < -0.4 is 0 Å². The number of para-hydroxylation sites is 2. The lowest BCUT2D eigenvalue weighted by atomic mass is 9.87. The topological polar surface area (TPSA) is 43.9 Å². The summed E-state index contributed by atoms with van der Waals surface area (Å²) in [4.78, 5) is 10.9. The van der Waals surface area contributed by atoms with Gasteiger partial charge in [0.25, 0.3) is 0 Å². The Hall–Kier alpha value is -5.74. The number of allylic oxidation sites excluding steroid dienone is 1. The number of aryl methyl sites for hydroxylation is 1. The summed E-state index contributed by atoms with van der Waals surface area (Å²) in [5.41, 5.74) is 13.3. The number of hydrogen-bond donors (Lipinski definition) is 0. The fraction of sp³-hybridized carbons (Fsp3) is 0.0500. The predicted octanol–water partition coefficient (Wildman–Crippen LogP) is 10.0. The van der Waals surface area contributed by atoms with Crippen molar-refractivity contribution in [2.24, 2.45) is 0 Å². The molecule has 10 rings (SSSR count). The van der Waals surface area contributed by atoms with Crippen LogP contribution in [0.15, 0.2) is 132 Å². The standard InChI is InChI=1S/C40H25N3O/c1-2-11-24(12-3-1)37-36-29-16-5-4-13-26(29)30-17-10-18-31-27-14-6-8-19-33(27)43(38(30)31)40(36)42-39(41-37)25-21-22-35-32(23-25)28-15-7-9-20-34(28)44-35/h1-9,11-17,19-23H,10,18H2. The third-order valence-electron chi connectivity index (χ3n) is 9.25. The molecule has 4 heterocycles. The molecule has 44 heavy (non-hydrogen) atoms. The lowest BCUT2D eigenvalue weighted by molar-refractivity contribution is 0.669. The average Bonchev–Trinajstić information content (AvgIpc) is 3.60. The van der Waals surface area contributed by atoms with Gasteiger partial charge < -0.3 is 4.42 Å². The zero-order valence-corrected chi connectivity index (χ0v) is 23.8. The minimum atomic E-state index is 0.696. The van der Waals surface area contributed by atoms with E-state index in [1.54, 1.807) is 0 Å². The summed E-state index contributed by atoms with van der Waals surface area (Å²) in [6.07, 6.45) is 4.44. The van der Waals surface area contributed by atoms with E-state index in [-0.39, 0.29) is 0 Å². The van der Waals surface area contributed by atoms with Crippen molar-refractivity contribution in [3.05, 3.63) is 144 Å². The van der Waals surface area contributed by atoms with E-state index in [1.807, 2.05) is 18.2 Å². The Morgan fingerprint density at radius 1 is 0.614 bits per heavy atom. The van der Waals surface area contributed by atoms with Crippen LogP contribution in [0.4, 0.5) is 0 Å². The van der Waals surface area contributed by atoms with Gasteiger partial charge >= 0.3 is 0 Å². The van der Waals surface area contributed by atoms with Gasteiger partial charge in [0.15, 0.2) is 5.82 Å². The first kappa shape index (κ1) is 23.8. The maximum absolute atomic E-state index is 6.16. The second-order valence-electron chi connectivity index (χ2n) is 11.7. The zero-order valence-electron chi connectivity index (χ0n) is 23.8. The first-order chi connectivity index (χ1) is 21.8. The van der Waals surface area contributed by atoms with Crippen LogP contribution >= 0.6 is 0 Å². The highest BCUT2D eigenvalue weighted by Gasteiger charge is 2.33. The van der Waals surface area contributed by atoms with Crippen molar-refractivity contribution in [2.75, 3.05) is 0 Å². The van der Waals surface area contributed by atoms with E-state index in [4.69, 9.17) is 14.4 Å². The van der Waals surface area contributed by atoms with E-state index in [9.17, 15) is 0 Å². The van der Waals surface area contributed by atoms with Crippen LogP contribution in [-0.4, -0.2) is 14.5 Å². The lowest BCUT2D eigenvalue weighted by Crippen LogP contribution is -2.08. The van der Waals surface area contributed by atoms with Crippen LogP contribution in [0.25, 0.3) is 78.0 Å². The molecule has 5 aromatic carbocycles. The number of aromatic nitrogens is 3. The number of nitrogens with zero attached hydrogens (tertiary/aromatic N) is 3. The minimum Gasteiger partial charge on any atom is -0.456 e. The summed E-state index contributed by atoms with van der Waals surface area (Å²) in [6.45, 7) is 0. The van der Waals surface area contributed by atoms with Gasteiger partial charge in [0.1, 0.15) is 17.0 Å². The molecule has 0 spiro atoms. The number of furan rings is 1. The van der Waals surface area contributed by atoms with Crippen LogP contribution in [-0.2, 0) is 6.42 Å². The molecule has 2 aliphatic rings. The van der Waals surface area contributed by atoms with Gasteiger partial charge in [0.05, 0.1) is 22.5 Å². The summed E-state index contributed by atoms with van der Waals surface area (Å²) in [6, 6.07) is 42.6. The molecule has 3 aromatic heterocycles. The van der Waals surface area contributed by atoms with Crippen molar-refractivity contribution in [2.45, 2.75) is 12.8 Å². The first-order valence-corrected chi connectivity index (χ1v) is 15.2. The molecule has 1 aliphatic heterocycles. The van der Waals surface area contributed by atoms with Crippen LogP contribution in [0.3, 0.4) is 0 Å². The van der Waals surface area contributed by atoms with Gasteiger partial charge in [-0.25, -0.2) is 9.97 Å². The summed E-state index contributed by atoms with van der Waals surface area (Å²) in [7, 11) is 0. The van der Waals surface area contributed by atoms with E-state index >= 15 is 0 Å². The molecule has 1 aliphatic carbocycles. The lowest BCUT2D eigenvalue weighted by Gasteiger charge is -2.17. The van der Waals surface area contributed by atoms with Crippen molar-refractivity contribution < 1.29 is 4.42 Å². The van der Waals surface area contributed by atoms with Crippen molar-refractivity contribution >= 4 is 38.4 Å². The van der Waals surface area contributed by atoms with Crippen LogP contribution in [0.2, 0.25) is 0 Å².